The first-order chi connectivity index (χ1) is 8.31. The molecule has 2 heterocycles. The number of rotatable bonds is 5. The maximum Gasteiger partial charge on any atom is 0.0931 e. The first-order valence-corrected chi connectivity index (χ1v) is 7.46. The zero-order valence-corrected chi connectivity index (χ0v) is 11.4. The lowest BCUT2D eigenvalue weighted by atomic mass is 9.94. The van der Waals surface area contributed by atoms with E-state index in [2.05, 4.69) is 22.2 Å². The minimum atomic E-state index is 0.206. The van der Waals surface area contributed by atoms with Crippen LogP contribution in [0.3, 0.4) is 0 Å². The van der Waals surface area contributed by atoms with Crippen molar-refractivity contribution in [2.24, 2.45) is 5.92 Å². The van der Waals surface area contributed by atoms with Crippen molar-refractivity contribution in [2.75, 3.05) is 26.2 Å². The molecule has 1 aliphatic rings. The predicted molar refractivity (Wildman–Crippen MR) is 71.4 cm³/mol. The van der Waals surface area contributed by atoms with Crippen molar-refractivity contribution < 1.29 is 5.11 Å². The molecule has 4 heteroatoms. The van der Waals surface area contributed by atoms with Crippen molar-refractivity contribution in [2.45, 2.75) is 32.6 Å². The third kappa shape index (κ3) is 3.76. The van der Waals surface area contributed by atoms with Gasteiger partial charge in [0.15, 0.2) is 0 Å². The molecule has 0 amide bonds. The molecule has 0 bridgehead atoms. The summed E-state index contributed by atoms with van der Waals surface area (Å²) in [6, 6.07) is 0. The van der Waals surface area contributed by atoms with Crippen LogP contribution in [0.4, 0.5) is 0 Å². The summed E-state index contributed by atoms with van der Waals surface area (Å²) < 4.78 is 0. The summed E-state index contributed by atoms with van der Waals surface area (Å²) in [5.41, 5.74) is 1.05. The molecule has 1 aliphatic heterocycles. The average molecular weight is 254 g/mol. The monoisotopic (exact) mass is 254 g/mol. The highest BCUT2D eigenvalue weighted by atomic mass is 32.1. The average Bonchev–Trinajstić information content (AvgIpc) is 2.78. The van der Waals surface area contributed by atoms with Crippen molar-refractivity contribution in [1.29, 1.82) is 0 Å². The zero-order chi connectivity index (χ0) is 12.1. The maximum atomic E-state index is 8.87. The Morgan fingerprint density at radius 1 is 1.47 bits per heavy atom. The van der Waals surface area contributed by atoms with Crippen molar-refractivity contribution in [1.82, 2.24) is 9.88 Å². The second kappa shape index (κ2) is 6.47. The van der Waals surface area contributed by atoms with Crippen molar-refractivity contribution >= 4 is 11.3 Å². The lowest BCUT2D eigenvalue weighted by Gasteiger charge is -2.30. The number of thiazole rings is 1. The largest absolute Gasteiger partial charge is 0.396 e. The fourth-order valence-electron chi connectivity index (χ4n) is 2.43. The molecule has 0 radical (unpaired) electrons. The Labute approximate surface area is 107 Å². The van der Waals surface area contributed by atoms with Gasteiger partial charge in [0, 0.05) is 24.8 Å². The van der Waals surface area contributed by atoms with Gasteiger partial charge in [0.2, 0.25) is 0 Å². The van der Waals surface area contributed by atoms with Crippen LogP contribution in [0.5, 0.6) is 0 Å². The summed E-state index contributed by atoms with van der Waals surface area (Å²) in [7, 11) is 0. The van der Waals surface area contributed by atoms with E-state index in [4.69, 9.17) is 5.11 Å². The van der Waals surface area contributed by atoms with E-state index < -0.39 is 0 Å². The Morgan fingerprint density at radius 3 is 2.88 bits per heavy atom. The van der Waals surface area contributed by atoms with Crippen LogP contribution in [-0.2, 0) is 12.8 Å². The van der Waals surface area contributed by atoms with Crippen LogP contribution in [-0.4, -0.2) is 41.2 Å². The fraction of sp³-hybridized carbons (Fsp3) is 0.769. The summed E-state index contributed by atoms with van der Waals surface area (Å²) in [5, 5.41) is 12.2. The van der Waals surface area contributed by atoms with Crippen LogP contribution in [0, 0.1) is 5.92 Å². The van der Waals surface area contributed by atoms with Gasteiger partial charge in [0.05, 0.1) is 10.7 Å². The number of hydrogen-bond acceptors (Lipinski definition) is 4. The molecule has 1 fully saturated rings. The van der Waals surface area contributed by atoms with Crippen LogP contribution in [0.2, 0.25) is 0 Å². The van der Waals surface area contributed by atoms with E-state index in [9.17, 15) is 0 Å². The van der Waals surface area contributed by atoms with Gasteiger partial charge in [-0.1, -0.05) is 6.92 Å². The minimum absolute atomic E-state index is 0.206. The molecule has 1 N–H and O–H groups in total. The molecule has 3 nitrogen and oxygen atoms in total. The summed E-state index contributed by atoms with van der Waals surface area (Å²) in [6.45, 7) is 6.12. The first kappa shape index (κ1) is 13.0. The van der Waals surface area contributed by atoms with Crippen LogP contribution < -0.4 is 0 Å². The molecule has 17 heavy (non-hydrogen) atoms. The van der Waals surface area contributed by atoms with Crippen LogP contribution in [0.15, 0.2) is 5.38 Å². The molecule has 0 spiro atoms. The quantitative estimate of drug-likeness (QED) is 0.872. The predicted octanol–water partition coefficient (Wildman–Crippen LogP) is 1.95. The highest BCUT2D eigenvalue weighted by molar-refractivity contribution is 7.09. The summed E-state index contributed by atoms with van der Waals surface area (Å²) in [5.74, 6) is 0.811. The van der Waals surface area contributed by atoms with E-state index in [0.717, 1.165) is 18.0 Å². The smallest absolute Gasteiger partial charge is 0.0931 e. The van der Waals surface area contributed by atoms with Gasteiger partial charge in [-0.25, -0.2) is 4.98 Å². The Morgan fingerprint density at radius 2 is 2.24 bits per heavy atom. The molecular weight excluding hydrogens is 232 g/mol. The van der Waals surface area contributed by atoms with Crippen LogP contribution >= 0.6 is 11.3 Å². The molecule has 1 aromatic heterocycles. The standard InChI is InChI=1S/C13H22N2OS/c1-2-15-6-3-11(4-7-15)9-13-14-12(5-8-16)10-17-13/h10-11,16H,2-9H2,1H3. The van der Waals surface area contributed by atoms with Gasteiger partial charge < -0.3 is 10.0 Å². The Kier molecular flexibility index (Phi) is 4.95. The van der Waals surface area contributed by atoms with Crippen LogP contribution in [0.1, 0.15) is 30.5 Å². The number of aliphatic hydroxyl groups excluding tert-OH is 1. The Balaban J connectivity index is 1.80. The van der Waals surface area contributed by atoms with Gasteiger partial charge in [0.1, 0.15) is 0 Å². The van der Waals surface area contributed by atoms with E-state index in [0.29, 0.717) is 6.42 Å². The molecule has 1 aromatic rings. The second-order valence-electron chi connectivity index (χ2n) is 4.79. The lowest BCUT2D eigenvalue weighted by molar-refractivity contribution is 0.192. The summed E-state index contributed by atoms with van der Waals surface area (Å²) in [6.07, 6.45) is 4.45. The van der Waals surface area contributed by atoms with E-state index in [1.165, 1.54) is 37.5 Å². The summed E-state index contributed by atoms with van der Waals surface area (Å²) in [4.78, 5) is 7.10. The molecule has 0 unspecified atom stereocenters. The first-order valence-electron chi connectivity index (χ1n) is 6.58. The van der Waals surface area contributed by atoms with Crippen molar-refractivity contribution in [3.63, 3.8) is 0 Å². The van der Waals surface area contributed by atoms with E-state index in [1.807, 2.05) is 0 Å². The Bertz CT molecular complexity index is 332. The molecule has 1 saturated heterocycles. The number of hydrogen-bond donors (Lipinski definition) is 1. The fourth-order valence-corrected chi connectivity index (χ4v) is 3.37. The number of aromatic nitrogens is 1. The molecular formula is C13H22N2OS. The molecule has 0 saturated carbocycles. The topological polar surface area (TPSA) is 36.4 Å². The lowest BCUT2D eigenvalue weighted by Crippen LogP contribution is -2.34. The summed E-state index contributed by atoms with van der Waals surface area (Å²) >= 11 is 1.75. The molecule has 2 rings (SSSR count). The third-order valence-electron chi connectivity index (χ3n) is 3.58. The van der Waals surface area contributed by atoms with Gasteiger partial charge in [-0.15, -0.1) is 11.3 Å². The molecule has 0 aliphatic carbocycles. The third-order valence-corrected chi connectivity index (χ3v) is 4.50. The van der Waals surface area contributed by atoms with E-state index in [1.54, 1.807) is 11.3 Å². The van der Waals surface area contributed by atoms with Gasteiger partial charge >= 0.3 is 0 Å². The normalized spacial score (nSPS) is 18.7. The highest BCUT2D eigenvalue weighted by Crippen LogP contribution is 2.23. The highest BCUT2D eigenvalue weighted by Gasteiger charge is 2.19. The van der Waals surface area contributed by atoms with E-state index in [-0.39, 0.29) is 6.61 Å². The molecule has 0 atom stereocenters. The Hall–Kier alpha value is -0.450. The SMILES string of the molecule is CCN1CCC(Cc2nc(CCO)cs2)CC1. The van der Waals surface area contributed by atoms with Gasteiger partial charge in [-0.05, 0) is 38.4 Å². The molecule has 96 valence electrons. The van der Waals surface area contributed by atoms with Gasteiger partial charge in [0.25, 0.3) is 0 Å². The van der Waals surface area contributed by atoms with Crippen molar-refractivity contribution in [3.8, 4) is 0 Å². The minimum Gasteiger partial charge on any atom is -0.396 e. The number of aliphatic hydroxyl groups is 1. The van der Waals surface area contributed by atoms with Crippen molar-refractivity contribution in [3.05, 3.63) is 16.1 Å². The van der Waals surface area contributed by atoms with Gasteiger partial charge in [-0.2, -0.15) is 0 Å². The number of piperidine rings is 1. The second-order valence-corrected chi connectivity index (χ2v) is 5.73. The zero-order valence-electron chi connectivity index (χ0n) is 10.6. The molecule has 0 aromatic carbocycles. The maximum absolute atomic E-state index is 8.87. The number of likely N-dealkylation sites (tertiary alicyclic amines) is 1. The van der Waals surface area contributed by atoms with Gasteiger partial charge in [-0.3, -0.25) is 0 Å². The number of nitrogens with zero attached hydrogens (tertiary/aromatic N) is 2. The van der Waals surface area contributed by atoms with Crippen LogP contribution in [0.25, 0.3) is 0 Å². The van der Waals surface area contributed by atoms with E-state index >= 15 is 0 Å².